The zero-order chi connectivity index (χ0) is 13.9. The Bertz CT molecular complexity index is 438. The molecule has 1 heterocycles. The minimum absolute atomic E-state index is 0.514. The van der Waals surface area contributed by atoms with Crippen molar-refractivity contribution in [3.63, 3.8) is 0 Å². The van der Waals surface area contributed by atoms with Crippen molar-refractivity contribution in [2.75, 3.05) is 19.6 Å². The summed E-state index contributed by atoms with van der Waals surface area (Å²) in [5.41, 5.74) is 1.43. The van der Waals surface area contributed by atoms with E-state index >= 15 is 0 Å². The molecule has 0 radical (unpaired) electrons. The average molecular weight is 337 g/mol. The SMILES string of the molecule is CC(c1ccccc1Br)N(CC1CCCNC1)C1CC1. The summed E-state index contributed by atoms with van der Waals surface area (Å²) < 4.78 is 1.25. The first kappa shape index (κ1) is 14.6. The second-order valence-corrected chi connectivity index (χ2v) is 7.19. The van der Waals surface area contributed by atoms with Crippen LogP contribution < -0.4 is 5.32 Å². The lowest BCUT2D eigenvalue weighted by Crippen LogP contribution is -2.40. The molecule has 2 aliphatic rings. The largest absolute Gasteiger partial charge is 0.316 e. The Kier molecular flexibility index (Phi) is 4.79. The monoisotopic (exact) mass is 336 g/mol. The van der Waals surface area contributed by atoms with Crippen LogP contribution in [0.1, 0.15) is 44.2 Å². The second-order valence-electron chi connectivity index (χ2n) is 6.34. The van der Waals surface area contributed by atoms with Gasteiger partial charge in [-0.25, -0.2) is 0 Å². The van der Waals surface area contributed by atoms with Gasteiger partial charge in [-0.05, 0) is 63.2 Å². The normalized spacial score (nSPS) is 24.9. The van der Waals surface area contributed by atoms with Crippen molar-refractivity contribution >= 4 is 15.9 Å². The standard InChI is InChI=1S/C17H25BrN2/c1-13(16-6-2-3-7-17(16)18)20(15-8-9-15)12-14-5-4-10-19-11-14/h2-3,6-7,13-15,19H,4-5,8-12H2,1H3. The number of hydrogen-bond donors (Lipinski definition) is 1. The van der Waals surface area contributed by atoms with Crippen molar-refractivity contribution in [1.82, 2.24) is 10.2 Å². The van der Waals surface area contributed by atoms with Crippen LogP contribution in [0.25, 0.3) is 0 Å². The molecule has 1 N–H and O–H groups in total. The lowest BCUT2D eigenvalue weighted by Gasteiger charge is -2.35. The van der Waals surface area contributed by atoms with Crippen LogP contribution in [0.5, 0.6) is 0 Å². The molecule has 0 aromatic heterocycles. The van der Waals surface area contributed by atoms with Gasteiger partial charge in [0.15, 0.2) is 0 Å². The molecule has 3 rings (SSSR count). The van der Waals surface area contributed by atoms with Gasteiger partial charge in [-0.15, -0.1) is 0 Å². The number of hydrogen-bond acceptors (Lipinski definition) is 2. The minimum atomic E-state index is 0.514. The molecule has 1 aliphatic carbocycles. The Labute approximate surface area is 131 Å². The highest BCUT2D eigenvalue weighted by molar-refractivity contribution is 9.10. The van der Waals surface area contributed by atoms with E-state index in [-0.39, 0.29) is 0 Å². The maximum atomic E-state index is 3.72. The van der Waals surface area contributed by atoms with Gasteiger partial charge in [-0.2, -0.15) is 0 Å². The molecule has 110 valence electrons. The molecular formula is C17H25BrN2. The van der Waals surface area contributed by atoms with Gasteiger partial charge in [0.25, 0.3) is 0 Å². The number of halogens is 1. The fourth-order valence-electron chi connectivity index (χ4n) is 3.40. The molecule has 1 saturated carbocycles. The van der Waals surface area contributed by atoms with E-state index < -0.39 is 0 Å². The van der Waals surface area contributed by atoms with Gasteiger partial charge in [0.2, 0.25) is 0 Å². The first-order valence-electron chi connectivity index (χ1n) is 7.96. The summed E-state index contributed by atoms with van der Waals surface area (Å²) in [6.45, 7) is 6.03. The van der Waals surface area contributed by atoms with Crippen LogP contribution in [0, 0.1) is 5.92 Å². The molecule has 20 heavy (non-hydrogen) atoms. The molecule has 2 unspecified atom stereocenters. The number of nitrogens with one attached hydrogen (secondary N) is 1. The lowest BCUT2D eigenvalue weighted by molar-refractivity contribution is 0.153. The van der Waals surface area contributed by atoms with Gasteiger partial charge in [-0.1, -0.05) is 34.1 Å². The van der Waals surface area contributed by atoms with Crippen LogP contribution in [-0.2, 0) is 0 Å². The van der Waals surface area contributed by atoms with E-state index in [4.69, 9.17) is 0 Å². The summed E-state index contributed by atoms with van der Waals surface area (Å²) in [7, 11) is 0. The molecule has 1 aromatic carbocycles. The topological polar surface area (TPSA) is 15.3 Å². The van der Waals surface area contributed by atoms with E-state index in [0.29, 0.717) is 6.04 Å². The number of rotatable bonds is 5. The van der Waals surface area contributed by atoms with Crippen molar-refractivity contribution < 1.29 is 0 Å². The zero-order valence-corrected chi connectivity index (χ0v) is 13.9. The molecule has 2 fully saturated rings. The average Bonchev–Trinajstić information content (AvgIpc) is 3.30. The quantitative estimate of drug-likeness (QED) is 0.874. The first-order chi connectivity index (χ1) is 9.75. The molecule has 0 bridgehead atoms. The molecule has 2 atom stereocenters. The van der Waals surface area contributed by atoms with Crippen LogP contribution in [0.3, 0.4) is 0 Å². The van der Waals surface area contributed by atoms with Gasteiger partial charge in [-0.3, -0.25) is 4.90 Å². The zero-order valence-electron chi connectivity index (χ0n) is 12.3. The Balaban J connectivity index is 1.71. The first-order valence-corrected chi connectivity index (χ1v) is 8.76. The maximum Gasteiger partial charge on any atom is 0.0334 e. The molecule has 0 spiro atoms. The smallest absolute Gasteiger partial charge is 0.0334 e. The van der Waals surface area contributed by atoms with E-state index in [0.717, 1.165) is 12.0 Å². The summed E-state index contributed by atoms with van der Waals surface area (Å²) in [4.78, 5) is 2.75. The molecule has 0 amide bonds. The number of piperidine rings is 1. The molecule has 2 nitrogen and oxygen atoms in total. The molecule has 3 heteroatoms. The summed E-state index contributed by atoms with van der Waals surface area (Å²) in [6, 6.07) is 10.0. The van der Waals surface area contributed by atoms with Crippen LogP contribution in [0.2, 0.25) is 0 Å². The minimum Gasteiger partial charge on any atom is -0.316 e. The van der Waals surface area contributed by atoms with E-state index in [1.165, 1.54) is 55.4 Å². The van der Waals surface area contributed by atoms with Crippen LogP contribution in [-0.4, -0.2) is 30.6 Å². The van der Waals surface area contributed by atoms with E-state index in [2.05, 4.69) is 57.3 Å². The fraction of sp³-hybridized carbons (Fsp3) is 0.647. The third kappa shape index (κ3) is 3.44. The fourth-order valence-corrected chi connectivity index (χ4v) is 4.02. The highest BCUT2D eigenvalue weighted by atomic mass is 79.9. The molecular weight excluding hydrogens is 312 g/mol. The number of benzene rings is 1. The maximum absolute atomic E-state index is 3.72. The molecule has 1 aliphatic heterocycles. The lowest BCUT2D eigenvalue weighted by atomic mass is 9.97. The van der Waals surface area contributed by atoms with Crippen molar-refractivity contribution in [1.29, 1.82) is 0 Å². The van der Waals surface area contributed by atoms with Gasteiger partial charge in [0, 0.05) is 23.1 Å². The summed E-state index contributed by atoms with van der Waals surface area (Å²) in [5, 5.41) is 3.55. The predicted octanol–water partition coefficient (Wildman–Crippen LogP) is 3.97. The Morgan fingerprint density at radius 1 is 1.30 bits per heavy atom. The van der Waals surface area contributed by atoms with Crippen molar-refractivity contribution in [3.8, 4) is 0 Å². The van der Waals surface area contributed by atoms with Gasteiger partial charge in [0.05, 0.1) is 0 Å². The highest BCUT2D eigenvalue weighted by Gasteiger charge is 2.34. The van der Waals surface area contributed by atoms with Crippen LogP contribution in [0.15, 0.2) is 28.7 Å². The third-order valence-electron chi connectivity index (χ3n) is 4.74. The Morgan fingerprint density at radius 2 is 2.10 bits per heavy atom. The van der Waals surface area contributed by atoms with E-state index in [9.17, 15) is 0 Å². The van der Waals surface area contributed by atoms with Gasteiger partial charge in [0.1, 0.15) is 0 Å². The summed E-state index contributed by atoms with van der Waals surface area (Å²) in [6.07, 6.45) is 5.50. The van der Waals surface area contributed by atoms with Crippen LogP contribution >= 0.6 is 15.9 Å². The van der Waals surface area contributed by atoms with Crippen molar-refractivity contribution in [3.05, 3.63) is 34.3 Å². The summed E-state index contributed by atoms with van der Waals surface area (Å²) >= 11 is 3.72. The Morgan fingerprint density at radius 3 is 2.75 bits per heavy atom. The van der Waals surface area contributed by atoms with Gasteiger partial charge >= 0.3 is 0 Å². The molecule has 1 saturated heterocycles. The third-order valence-corrected chi connectivity index (χ3v) is 5.46. The van der Waals surface area contributed by atoms with Crippen molar-refractivity contribution in [2.24, 2.45) is 5.92 Å². The Hall–Kier alpha value is -0.380. The van der Waals surface area contributed by atoms with Crippen molar-refractivity contribution in [2.45, 2.75) is 44.7 Å². The molecule has 1 aromatic rings. The highest BCUT2D eigenvalue weighted by Crippen LogP contribution is 2.37. The van der Waals surface area contributed by atoms with Crippen LogP contribution in [0.4, 0.5) is 0 Å². The van der Waals surface area contributed by atoms with E-state index in [1.54, 1.807) is 0 Å². The predicted molar refractivity (Wildman–Crippen MR) is 87.9 cm³/mol. The summed E-state index contributed by atoms with van der Waals surface area (Å²) in [5.74, 6) is 0.828. The van der Waals surface area contributed by atoms with Gasteiger partial charge < -0.3 is 5.32 Å². The number of nitrogens with zero attached hydrogens (tertiary/aromatic N) is 1. The van der Waals surface area contributed by atoms with E-state index in [1.807, 2.05) is 0 Å². The second kappa shape index (κ2) is 6.59.